The van der Waals surface area contributed by atoms with Crippen LogP contribution in [0.1, 0.15) is 36.1 Å². The van der Waals surface area contributed by atoms with Crippen LogP contribution in [0.15, 0.2) is 47.6 Å². The van der Waals surface area contributed by atoms with Crippen LogP contribution in [0.5, 0.6) is 11.5 Å². The van der Waals surface area contributed by atoms with Gasteiger partial charge in [0.25, 0.3) is 0 Å². The highest BCUT2D eigenvalue weighted by atomic mass is 35.5. The lowest BCUT2D eigenvalue weighted by Crippen LogP contribution is -2.21. The zero-order chi connectivity index (χ0) is 23.4. The molecule has 9 heteroatoms. The number of carbonyl (C=O) groups is 1. The molecule has 0 spiro atoms. The third-order valence-corrected chi connectivity index (χ3v) is 6.51. The number of halogens is 1. The van der Waals surface area contributed by atoms with E-state index in [9.17, 15) is 4.79 Å². The maximum Gasteiger partial charge on any atom is 0.196 e. The lowest BCUT2D eigenvalue weighted by molar-refractivity contribution is 0.0993. The molecule has 0 aliphatic rings. The Morgan fingerprint density at radius 1 is 1.03 bits per heavy atom. The van der Waals surface area contributed by atoms with E-state index in [0.717, 1.165) is 11.5 Å². The van der Waals surface area contributed by atoms with Crippen molar-refractivity contribution in [1.29, 1.82) is 0 Å². The van der Waals surface area contributed by atoms with Gasteiger partial charge in [-0.3, -0.25) is 14.3 Å². The number of methoxy groups -OCH3 is 2. The van der Waals surface area contributed by atoms with Crippen LogP contribution in [0.4, 0.5) is 0 Å². The molecule has 170 valence electrons. The predicted octanol–water partition coefficient (Wildman–Crippen LogP) is 4.92. The molecule has 0 aliphatic carbocycles. The number of nitrogens with zero attached hydrogens (tertiary/aromatic N) is 4. The Kier molecular flexibility index (Phi) is 7.82. The monoisotopic (exact) mass is 474 g/mol. The molecule has 2 aromatic carbocycles. The molecule has 2 atom stereocenters. The molecule has 0 N–H and O–H groups in total. The Bertz CT molecular complexity index is 1090. The largest absolute Gasteiger partial charge is 0.493 e. The molecule has 3 aromatic rings. The minimum atomic E-state index is -0.397. The Balaban J connectivity index is 1.94. The van der Waals surface area contributed by atoms with Gasteiger partial charge in [-0.05, 0) is 70.4 Å². The number of benzene rings is 2. The molecule has 0 saturated heterocycles. The Morgan fingerprint density at radius 3 is 2.28 bits per heavy atom. The highest BCUT2D eigenvalue weighted by Gasteiger charge is 2.25. The maximum absolute atomic E-state index is 13.2. The Morgan fingerprint density at radius 2 is 1.69 bits per heavy atom. The van der Waals surface area contributed by atoms with Gasteiger partial charge in [0.05, 0.1) is 25.5 Å². The molecule has 0 saturated carbocycles. The van der Waals surface area contributed by atoms with Crippen LogP contribution in [0, 0.1) is 0 Å². The third kappa shape index (κ3) is 5.09. The molecule has 0 radical (unpaired) electrons. The smallest absolute Gasteiger partial charge is 0.196 e. The normalized spacial score (nSPS) is 13.1. The fourth-order valence-corrected chi connectivity index (χ4v) is 4.21. The molecule has 7 nitrogen and oxygen atoms in total. The van der Waals surface area contributed by atoms with Crippen molar-refractivity contribution in [1.82, 2.24) is 19.7 Å². The molecular weight excluding hydrogens is 448 g/mol. The van der Waals surface area contributed by atoms with Crippen molar-refractivity contribution in [3.05, 3.63) is 58.9 Å². The lowest BCUT2D eigenvalue weighted by Gasteiger charge is -2.21. The van der Waals surface area contributed by atoms with Crippen molar-refractivity contribution in [2.45, 2.75) is 30.3 Å². The number of rotatable bonds is 9. The van der Waals surface area contributed by atoms with E-state index < -0.39 is 5.25 Å². The highest BCUT2D eigenvalue weighted by Crippen LogP contribution is 2.33. The second-order valence-corrected chi connectivity index (χ2v) is 9.23. The summed E-state index contributed by atoms with van der Waals surface area (Å²) in [4.78, 5) is 15.2. The fraction of sp³-hybridized carbons (Fsp3) is 0.348. The molecule has 0 fully saturated rings. The van der Waals surface area contributed by atoms with E-state index in [1.165, 1.54) is 11.8 Å². The van der Waals surface area contributed by atoms with Gasteiger partial charge in [-0.2, -0.15) is 0 Å². The van der Waals surface area contributed by atoms with E-state index >= 15 is 0 Å². The van der Waals surface area contributed by atoms with Gasteiger partial charge in [-0.15, -0.1) is 10.2 Å². The topological polar surface area (TPSA) is 69.5 Å². The zero-order valence-corrected chi connectivity index (χ0v) is 20.6. The van der Waals surface area contributed by atoms with Crippen LogP contribution in [0.3, 0.4) is 0 Å². The van der Waals surface area contributed by atoms with E-state index in [0.29, 0.717) is 27.2 Å². The van der Waals surface area contributed by atoms with Gasteiger partial charge in [0.1, 0.15) is 0 Å². The van der Waals surface area contributed by atoms with Gasteiger partial charge in [0.15, 0.2) is 28.3 Å². The second kappa shape index (κ2) is 10.4. The van der Waals surface area contributed by atoms with Crippen LogP contribution >= 0.6 is 23.4 Å². The average Bonchev–Trinajstić information content (AvgIpc) is 3.21. The molecule has 32 heavy (non-hydrogen) atoms. The summed E-state index contributed by atoms with van der Waals surface area (Å²) in [5.74, 6) is 1.84. The summed E-state index contributed by atoms with van der Waals surface area (Å²) >= 11 is 7.45. The summed E-state index contributed by atoms with van der Waals surface area (Å²) in [6.07, 6.45) is 0. The van der Waals surface area contributed by atoms with Gasteiger partial charge >= 0.3 is 0 Å². The summed E-state index contributed by atoms with van der Waals surface area (Å²) < 4.78 is 12.6. The van der Waals surface area contributed by atoms with E-state index in [1.54, 1.807) is 32.4 Å². The van der Waals surface area contributed by atoms with Crippen molar-refractivity contribution in [3.8, 4) is 17.2 Å². The summed E-state index contributed by atoms with van der Waals surface area (Å²) in [5.41, 5.74) is 1.43. The number of hydrogen-bond donors (Lipinski definition) is 0. The molecule has 2 unspecified atom stereocenters. The fourth-order valence-electron chi connectivity index (χ4n) is 3.13. The van der Waals surface area contributed by atoms with Gasteiger partial charge in [0, 0.05) is 16.3 Å². The molecule has 1 aromatic heterocycles. The van der Waals surface area contributed by atoms with Gasteiger partial charge in [-0.25, -0.2) is 0 Å². The van der Waals surface area contributed by atoms with E-state index in [1.807, 2.05) is 49.9 Å². The second-order valence-electron chi connectivity index (χ2n) is 7.49. The number of thioether (sulfide) groups is 1. The van der Waals surface area contributed by atoms with Crippen LogP contribution in [-0.2, 0) is 0 Å². The Labute approximate surface area is 197 Å². The summed E-state index contributed by atoms with van der Waals surface area (Å²) in [6, 6.07) is 12.7. The SMILES string of the molecule is COc1ccc(C(=O)C(C)Sc2nnc(C(C)N(C)C)n2-c2ccc(Cl)cc2)cc1OC. The molecule has 1 heterocycles. The number of carbonyl (C=O) groups excluding carboxylic acids is 1. The van der Waals surface area contributed by atoms with Crippen LogP contribution in [-0.4, -0.2) is 59.0 Å². The first-order chi connectivity index (χ1) is 15.3. The van der Waals surface area contributed by atoms with Gasteiger partial charge in [0.2, 0.25) is 0 Å². The minimum Gasteiger partial charge on any atom is -0.493 e. The number of hydrogen-bond acceptors (Lipinski definition) is 7. The lowest BCUT2D eigenvalue weighted by atomic mass is 10.1. The molecule has 3 rings (SSSR count). The number of aromatic nitrogens is 3. The molecular formula is C23H27ClN4O3S. The van der Waals surface area contributed by atoms with E-state index in [4.69, 9.17) is 21.1 Å². The van der Waals surface area contributed by atoms with E-state index in [-0.39, 0.29) is 11.8 Å². The van der Waals surface area contributed by atoms with Crippen LogP contribution in [0.2, 0.25) is 5.02 Å². The van der Waals surface area contributed by atoms with Crippen LogP contribution < -0.4 is 9.47 Å². The summed E-state index contributed by atoms with van der Waals surface area (Å²) in [5, 5.41) is 9.74. The first-order valence-corrected chi connectivity index (χ1v) is 11.3. The van der Waals surface area contributed by atoms with E-state index in [2.05, 4.69) is 22.0 Å². The number of Topliss-reactive ketones (excluding diaryl/α,β-unsaturated/α-hetero) is 1. The molecule has 0 amide bonds. The summed E-state index contributed by atoms with van der Waals surface area (Å²) in [7, 11) is 7.09. The predicted molar refractivity (Wildman–Crippen MR) is 128 cm³/mol. The average molecular weight is 475 g/mol. The van der Waals surface area contributed by atoms with Crippen molar-refractivity contribution in [3.63, 3.8) is 0 Å². The maximum atomic E-state index is 13.2. The van der Waals surface area contributed by atoms with Crippen LogP contribution in [0.25, 0.3) is 5.69 Å². The van der Waals surface area contributed by atoms with Crippen molar-refractivity contribution in [2.75, 3.05) is 28.3 Å². The number of ether oxygens (including phenoxy) is 2. The van der Waals surface area contributed by atoms with Crippen molar-refractivity contribution < 1.29 is 14.3 Å². The van der Waals surface area contributed by atoms with Gasteiger partial charge in [-0.1, -0.05) is 23.4 Å². The Hall–Kier alpha value is -2.55. The first kappa shape index (κ1) is 24.1. The minimum absolute atomic E-state index is 0.0179. The highest BCUT2D eigenvalue weighted by molar-refractivity contribution is 8.00. The zero-order valence-electron chi connectivity index (χ0n) is 19.0. The quantitative estimate of drug-likeness (QED) is 0.322. The third-order valence-electron chi connectivity index (χ3n) is 5.21. The summed E-state index contributed by atoms with van der Waals surface area (Å²) in [6.45, 7) is 3.92. The molecule has 0 bridgehead atoms. The first-order valence-electron chi connectivity index (χ1n) is 10.1. The standard InChI is InChI=1S/C23H27ClN4O3S/c1-14(27(3)4)22-25-26-23(28(22)18-10-8-17(24)9-11-18)32-15(2)21(29)16-7-12-19(30-5)20(13-16)31-6/h7-15H,1-6H3. The van der Waals surface area contributed by atoms with Gasteiger partial charge < -0.3 is 9.47 Å². The van der Waals surface area contributed by atoms with Crippen molar-refractivity contribution in [2.24, 2.45) is 0 Å². The molecule has 0 aliphatic heterocycles. The number of ketones is 1. The van der Waals surface area contributed by atoms with Crippen molar-refractivity contribution >= 4 is 29.1 Å².